The summed E-state index contributed by atoms with van der Waals surface area (Å²) in [5, 5.41) is 8.45. The lowest BCUT2D eigenvalue weighted by molar-refractivity contribution is -0.193. The minimum absolute atomic E-state index is 0.100. The van der Waals surface area contributed by atoms with E-state index in [2.05, 4.69) is 6.58 Å². The van der Waals surface area contributed by atoms with Gasteiger partial charge in [0.2, 0.25) is 6.29 Å². The van der Waals surface area contributed by atoms with Crippen LogP contribution in [0.5, 0.6) is 0 Å². The zero-order valence-corrected chi connectivity index (χ0v) is 10.1. The van der Waals surface area contributed by atoms with Crippen molar-refractivity contribution in [2.24, 2.45) is 0 Å². The Morgan fingerprint density at radius 3 is 2.25 bits per heavy atom. The molecule has 0 radical (unpaired) electrons. The van der Waals surface area contributed by atoms with E-state index in [9.17, 15) is 9.59 Å². The number of carboxylic acid groups (broad SMARTS) is 1. The predicted molar refractivity (Wildman–Crippen MR) is 57.8 cm³/mol. The van der Waals surface area contributed by atoms with Crippen LogP contribution in [0, 0.1) is 0 Å². The molecular formula is C11H18O5. The SMILES string of the molecule is C=C(CC(=O)O)C(=O)OC(C)OC(C)(C)C. The van der Waals surface area contributed by atoms with Crippen molar-refractivity contribution in [1.82, 2.24) is 0 Å². The molecule has 5 heteroatoms. The normalized spacial score (nSPS) is 13.0. The van der Waals surface area contributed by atoms with E-state index in [0.29, 0.717) is 0 Å². The lowest BCUT2D eigenvalue weighted by Crippen LogP contribution is -2.29. The molecule has 0 spiro atoms. The number of esters is 1. The van der Waals surface area contributed by atoms with Crippen molar-refractivity contribution < 1.29 is 24.2 Å². The molecule has 0 saturated carbocycles. The van der Waals surface area contributed by atoms with Gasteiger partial charge in [0.05, 0.1) is 12.0 Å². The van der Waals surface area contributed by atoms with Crippen molar-refractivity contribution >= 4 is 11.9 Å². The molecule has 0 fully saturated rings. The molecular weight excluding hydrogens is 212 g/mol. The molecule has 0 amide bonds. The monoisotopic (exact) mass is 230 g/mol. The van der Waals surface area contributed by atoms with Crippen LogP contribution in [0.4, 0.5) is 0 Å². The summed E-state index contributed by atoms with van der Waals surface area (Å²) in [7, 11) is 0. The summed E-state index contributed by atoms with van der Waals surface area (Å²) < 4.78 is 10.2. The minimum Gasteiger partial charge on any atom is -0.481 e. The number of aliphatic carboxylic acids is 1. The summed E-state index contributed by atoms with van der Waals surface area (Å²) in [4.78, 5) is 21.6. The van der Waals surface area contributed by atoms with Crippen molar-refractivity contribution in [3.8, 4) is 0 Å². The van der Waals surface area contributed by atoms with Crippen LogP contribution in [0.25, 0.3) is 0 Å². The van der Waals surface area contributed by atoms with Gasteiger partial charge in [0.15, 0.2) is 0 Å². The van der Waals surface area contributed by atoms with Crippen LogP contribution >= 0.6 is 0 Å². The van der Waals surface area contributed by atoms with Crippen molar-refractivity contribution in [3.63, 3.8) is 0 Å². The molecule has 0 aromatic carbocycles. The van der Waals surface area contributed by atoms with Crippen LogP contribution < -0.4 is 0 Å². The number of carbonyl (C=O) groups excluding carboxylic acids is 1. The molecule has 5 nitrogen and oxygen atoms in total. The topological polar surface area (TPSA) is 72.8 Å². The van der Waals surface area contributed by atoms with E-state index in [1.807, 2.05) is 20.8 Å². The van der Waals surface area contributed by atoms with E-state index >= 15 is 0 Å². The maximum absolute atomic E-state index is 11.3. The quantitative estimate of drug-likeness (QED) is 0.442. The van der Waals surface area contributed by atoms with Gasteiger partial charge in [0, 0.05) is 5.57 Å². The highest BCUT2D eigenvalue weighted by Gasteiger charge is 2.20. The summed E-state index contributed by atoms with van der Waals surface area (Å²) in [6, 6.07) is 0. The van der Waals surface area contributed by atoms with Gasteiger partial charge in [-0.2, -0.15) is 0 Å². The second-order valence-electron chi connectivity index (χ2n) is 4.38. The van der Waals surface area contributed by atoms with Crippen molar-refractivity contribution in [1.29, 1.82) is 0 Å². The first-order chi connectivity index (χ1) is 7.11. The maximum atomic E-state index is 11.3. The number of ether oxygens (including phenoxy) is 2. The highest BCUT2D eigenvalue weighted by Crippen LogP contribution is 2.13. The molecule has 0 aliphatic carbocycles. The summed E-state index contributed by atoms with van der Waals surface area (Å²) in [5.74, 6) is -1.87. The highest BCUT2D eigenvalue weighted by molar-refractivity contribution is 5.92. The van der Waals surface area contributed by atoms with E-state index in [1.165, 1.54) is 0 Å². The molecule has 16 heavy (non-hydrogen) atoms. The third kappa shape index (κ3) is 7.00. The van der Waals surface area contributed by atoms with Gasteiger partial charge in [0.1, 0.15) is 0 Å². The average Bonchev–Trinajstić information content (AvgIpc) is 1.98. The molecule has 0 rings (SSSR count). The molecule has 0 saturated heterocycles. The summed E-state index contributed by atoms with van der Waals surface area (Å²) in [6.45, 7) is 10.4. The van der Waals surface area contributed by atoms with Crippen LogP contribution in [0.1, 0.15) is 34.1 Å². The Morgan fingerprint density at radius 2 is 1.88 bits per heavy atom. The van der Waals surface area contributed by atoms with Crippen molar-refractivity contribution in [2.45, 2.75) is 46.0 Å². The molecule has 0 aliphatic heterocycles. The molecule has 0 aliphatic rings. The Labute approximate surface area is 95.0 Å². The van der Waals surface area contributed by atoms with E-state index in [0.717, 1.165) is 0 Å². The number of rotatable bonds is 5. The molecule has 1 atom stereocenters. The molecule has 1 N–H and O–H groups in total. The lowest BCUT2D eigenvalue weighted by Gasteiger charge is -2.24. The maximum Gasteiger partial charge on any atom is 0.336 e. The Balaban J connectivity index is 4.14. The summed E-state index contributed by atoms with van der Waals surface area (Å²) in [5.41, 5.74) is -0.537. The van der Waals surface area contributed by atoms with Gasteiger partial charge in [-0.15, -0.1) is 0 Å². The third-order valence-corrected chi connectivity index (χ3v) is 1.45. The largest absolute Gasteiger partial charge is 0.481 e. The molecule has 92 valence electrons. The first-order valence-electron chi connectivity index (χ1n) is 4.90. The van der Waals surface area contributed by atoms with Gasteiger partial charge in [-0.05, 0) is 27.7 Å². The number of hydrogen-bond donors (Lipinski definition) is 1. The molecule has 0 aromatic heterocycles. The minimum atomic E-state index is -1.12. The average molecular weight is 230 g/mol. The Morgan fingerprint density at radius 1 is 1.38 bits per heavy atom. The van der Waals surface area contributed by atoms with E-state index in [1.54, 1.807) is 6.92 Å². The smallest absolute Gasteiger partial charge is 0.336 e. The number of carbonyl (C=O) groups is 2. The van der Waals surface area contributed by atoms with Gasteiger partial charge < -0.3 is 14.6 Å². The third-order valence-electron chi connectivity index (χ3n) is 1.45. The Hall–Kier alpha value is -1.36. The van der Waals surface area contributed by atoms with Crippen LogP contribution in [0.15, 0.2) is 12.2 Å². The first kappa shape index (κ1) is 14.6. The molecule has 1 unspecified atom stereocenters. The van der Waals surface area contributed by atoms with Gasteiger partial charge >= 0.3 is 11.9 Å². The zero-order chi connectivity index (χ0) is 12.9. The number of hydrogen-bond acceptors (Lipinski definition) is 4. The van der Waals surface area contributed by atoms with Crippen LogP contribution in [-0.4, -0.2) is 28.9 Å². The highest BCUT2D eigenvalue weighted by atomic mass is 16.7. The second kappa shape index (κ2) is 5.65. The van der Waals surface area contributed by atoms with E-state index in [4.69, 9.17) is 14.6 Å². The van der Waals surface area contributed by atoms with E-state index in [-0.39, 0.29) is 5.57 Å². The zero-order valence-electron chi connectivity index (χ0n) is 10.1. The van der Waals surface area contributed by atoms with Crippen LogP contribution in [0.3, 0.4) is 0 Å². The van der Waals surface area contributed by atoms with Gasteiger partial charge in [-0.25, -0.2) is 4.79 Å². The second-order valence-corrected chi connectivity index (χ2v) is 4.38. The van der Waals surface area contributed by atoms with Crippen LogP contribution in [0.2, 0.25) is 0 Å². The van der Waals surface area contributed by atoms with Gasteiger partial charge in [-0.3, -0.25) is 4.79 Å². The first-order valence-corrected chi connectivity index (χ1v) is 4.90. The Bertz CT molecular complexity index is 287. The molecule has 0 aromatic rings. The number of carboxylic acids is 1. The van der Waals surface area contributed by atoms with Gasteiger partial charge in [0.25, 0.3) is 0 Å². The lowest BCUT2D eigenvalue weighted by atomic mass is 10.2. The molecule has 0 heterocycles. The Kier molecular flexibility index (Phi) is 5.17. The van der Waals surface area contributed by atoms with E-state index < -0.39 is 30.3 Å². The van der Waals surface area contributed by atoms with Crippen LogP contribution in [-0.2, 0) is 19.1 Å². The van der Waals surface area contributed by atoms with Crippen molar-refractivity contribution in [2.75, 3.05) is 0 Å². The predicted octanol–water partition coefficient (Wildman–Crippen LogP) is 1.72. The summed E-state index contributed by atoms with van der Waals surface area (Å²) in [6.07, 6.45) is -1.17. The fraction of sp³-hybridized carbons (Fsp3) is 0.636. The molecule has 0 bridgehead atoms. The van der Waals surface area contributed by atoms with Crippen molar-refractivity contribution in [3.05, 3.63) is 12.2 Å². The standard InChI is InChI=1S/C11H18O5/c1-7(6-9(12)13)10(14)15-8(2)16-11(3,4)5/h8H,1,6H2,2-5H3,(H,12,13). The fourth-order valence-corrected chi connectivity index (χ4v) is 1.01. The summed E-state index contributed by atoms with van der Waals surface area (Å²) >= 11 is 0. The van der Waals surface area contributed by atoms with Gasteiger partial charge in [-0.1, -0.05) is 6.58 Å². The fourth-order valence-electron chi connectivity index (χ4n) is 1.01.